The predicted molar refractivity (Wildman–Crippen MR) is 52.4 cm³/mol. The molecule has 13 heavy (non-hydrogen) atoms. The summed E-state index contributed by atoms with van der Waals surface area (Å²) >= 11 is 0. The van der Waals surface area contributed by atoms with Crippen LogP contribution >= 0.6 is 0 Å². The molecule has 0 aromatic carbocycles. The van der Waals surface area contributed by atoms with E-state index >= 15 is 0 Å². The molecule has 2 aliphatic heterocycles. The van der Waals surface area contributed by atoms with Crippen molar-refractivity contribution >= 4 is 0 Å². The van der Waals surface area contributed by atoms with Crippen molar-refractivity contribution < 1.29 is 4.84 Å². The lowest BCUT2D eigenvalue weighted by atomic mass is 10.1. The van der Waals surface area contributed by atoms with Crippen LogP contribution in [0.15, 0.2) is 0 Å². The maximum atomic E-state index is 5.90. The monoisotopic (exact) mass is 184 g/mol. The summed E-state index contributed by atoms with van der Waals surface area (Å²) in [4.78, 5) is 5.90. The van der Waals surface area contributed by atoms with E-state index in [2.05, 4.69) is 10.4 Å². The van der Waals surface area contributed by atoms with Gasteiger partial charge in [0.15, 0.2) is 0 Å². The molecule has 0 spiro atoms. The fraction of sp³-hybridized carbons (Fsp3) is 1.00. The maximum absolute atomic E-state index is 5.90. The zero-order valence-corrected chi connectivity index (χ0v) is 8.30. The van der Waals surface area contributed by atoms with Gasteiger partial charge in [-0.05, 0) is 32.2 Å². The Morgan fingerprint density at radius 3 is 2.62 bits per heavy atom. The maximum Gasteiger partial charge on any atom is 0.0917 e. The van der Waals surface area contributed by atoms with Crippen LogP contribution in [-0.2, 0) is 4.84 Å². The lowest BCUT2D eigenvalue weighted by Gasteiger charge is -2.32. The largest absolute Gasteiger partial charge is 0.314 e. The van der Waals surface area contributed by atoms with Gasteiger partial charge >= 0.3 is 0 Å². The number of hydroxylamine groups is 2. The number of nitrogens with zero attached hydrogens (tertiary/aromatic N) is 1. The Labute approximate surface area is 80.4 Å². The first-order valence-electron chi connectivity index (χ1n) is 5.57. The van der Waals surface area contributed by atoms with Crippen LogP contribution in [-0.4, -0.2) is 37.3 Å². The first-order valence-corrected chi connectivity index (χ1v) is 5.57. The summed E-state index contributed by atoms with van der Waals surface area (Å²) in [5.41, 5.74) is 0. The van der Waals surface area contributed by atoms with E-state index in [1.807, 2.05) is 0 Å². The van der Waals surface area contributed by atoms with E-state index in [1.165, 1.54) is 38.6 Å². The van der Waals surface area contributed by atoms with Crippen molar-refractivity contribution in [3.8, 4) is 0 Å². The summed E-state index contributed by atoms with van der Waals surface area (Å²) in [5, 5.41) is 5.54. The summed E-state index contributed by atoms with van der Waals surface area (Å²) in [5.74, 6) is 0. The van der Waals surface area contributed by atoms with E-state index in [1.54, 1.807) is 0 Å². The Hall–Kier alpha value is -0.120. The second-order valence-corrected chi connectivity index (χ2v) is 4.06. The molecule has 0 aromatic rings. The fourth-order valence-electron chi connectivity index (χ4n) is 2.09. The molecule has 3 nitrogen and oxygen atoms in total. The van der Waals surface area contributed by atoms with E-state index in [-0.39, 0.29) is 0 Å². The smallest absolute Gasteiger partial charge is 0.0917 e. The minimum atomic E-state index is 0.437. The standard InChI is InChI=1S/C10H20N2O/c1-2-7-12(8-3-1)13-10-5-4-6-11-9-10/h10-11H,1-9H2. The van der Waals surface area contributed by atoms with Crippen molar-refractivity contribution in [1.29, 1.82) is 0 Å². The first kappa shape index (κ1) is 9.44. The molecular weight excluding hydrogens is 164 g/mol. The van der Waals surface area contributed by atoms with Crippen molar-refractivity contribution in [3.05, 3.63) is 0 Å². The topological polar surface area (TPSA) is 24.5 Å². The molecule has 2 fully saturated rings. The second-order valence-electron chi connectivity index (χ2n) is 4.06. The Kier molecular flexibility index (Phi) is 3.58. The number of hydrogen-bond donors (Lipinski definition) is 1. The SMILES string of the molecule is C1CCN(OC2CCCNC2)CC1. The summed E-state index contributed by atoms with van der Waals surface area (Å²) in [6.45, 7) is 4.48. The van der Waals surface area contributed by atoms with Gasteiger partial charge in [0.25, 0.3) is 0 Å². The molecule has 1 unspecified atom stereocenters. The van der Waals surface area contributed by atoms with Crippen LogP contribution in [0.2, 0.25) is 0 Å². The summed E-state index contributed by atoms with van der Waals surface area (Å²) < 4.78 is 0. The van der Waals surface area contributed by atoms with Crippen LogP contribution < -0.4 is 5.32 Å². The van der Waals surface area contributed by atoms with E-state index in [0.717, 1.165) is 19.6 Å². The van der Waals surface area contributed by atoms with Crippen molar-refractivity contribution in [2.75, 3.05) is 26.2 Å². The van der Waals surface area contributed by atoms with Crippen molar-refractivity contribution in [3.63, 3.8) is 0 Å². The number of piperidine rings is 2. The molecule has 76 valence electrons. The average molecular weight is 184 g/mol. The Balaban J connectivity index is 1.69. The Morgan fingerprint density at radius 2 is 1.92 bits per heavy atom. The second kappa shape index (κ2) is 4.94. The Bertz CT molecular complexity index is 124. The van der Waals surface area contributed by atoms with Gasteiger partial charge in [-0.15, -0.1) is 0 Å². The van der Waals surface area contributed by atoms with Gasteiger partial charge in [-0.3, -0.25) is 4.84 Å². The third-order valence-electron chi connectivity index (χ3n) is 2.86. The third-order valence-corrected chi connectivity index (χ3v) is 2.86. The molecule has 2 aliphatic rings. The molecular formula is C10H20N2O. The van der Waals surface area contributed by atoms with Gasteiger partial charge in [0.05, 0.1) is 6.10 Å². The molecule has 2 rings (SSSR count). The minimum Gasteiger partial charge on any atom is -0.314 e. The molecule has 0 amide bonds. The number of nitrogens with one attached hydrogen (secondary N) is 1. The van der Waals surface area contributed by atoms with Gasteiger partial charge in [-0.25, -0.2) is 0 Å². The normalized spacial score (nSPS) is 31.8. The molecule has 2 saturated heterocycles. The minimum absolute atomic E-state index is 0.437. The van der Waals surface area contributed by atoms with Gasteiger partial charge in [-0.2, -0.15) is 5.06 Å². The highest BCUT2D eigenvalue weighted by Gasteiger charge is 2.18. The third kappa shape index (κ3) is 2.93. The molecule has 0 aliphatic carbocycles. The van der Waals surface area contributed by atoms with Crippen molar-refractivity contribution in [2.45, 2.75) is 38.2 Å². The molecule has 2 heterocycles. The average Bonchev–Trinajstić information content (AvgIpc) is 2.21. The van der Waals surface area contributed by atoms with Gasteiger partial charge in [0.1, 0.15) is 0 Å². The highest BCUT2D eigenvalue weighted by molar-refractivity contribution is 4.69. The molecule has 1 N–H and O–H groups in total. The van der Waals surface area contributed by atoms with Crippen LogP contribution in [0.1, 0.15) is 32.1 Å². The molecule has 3 heteroatoms. The van der Waals surface area contributed by atoms with E-state index in [9.17, 15) is 0 Å². The quantitative estimate of drug-likeness (QED) is 0.697. The summed E-state index contributed by atoms with van der Waals surface area (Å²) in [7, 11) is 0. The van der Waals surface area contributed by atoms with Gasteiger partial charge in [0.2, 0.25) is 0 Å². The van der Waals surface area contributed by atoms with Crippen LogP contribution in [0.4, 0.5) is 0 Å². The molecule has 0 aromatic heterocycles. The van der Waals surface area contributed by atoms with Crippen LogP contribution in [0.3, 0.4) is 0 Å². The van der Waals surface area contributed by atoms with Crippen LogP contribution in [0, 0.1) is 0 Å². The highest BCUT2D eigenvalue weighted by Crippen LogP contribution is 2.13. The van der Waals surface area contributed by atoms with Crippen LogP contribution in [0.5, 0.6) is 0 Å². The molecule has 1 atom stereocenters. The first-order chi connectivity index (χ1) is 6.45. The lowest BCUT2D eigenvalue weighted by Crippen LogP contribution is -2.41. The zero-order chi connectivity index (χ0) is 8.93. The predicted octanol–water partition coefficient (Wildman–Crippen LogP) is 1.16. The van der Waals surface area contributed by atoms with E-state index in [0.29, 0.717) is 6.10 Å². The van der Waals surface area contributed by atoms with Gasteiger partial charge < -0.3 is 5.32 Å². The van der Waals surface area contributed by atoms with E-state index < -0.39 is 0 Å². The van der Waals surface area contributed by atoms with Crippen molar-refractivity contribution in [1.82, 2.24) is 10.4 Å². The van der Waals surface area contributed by atoms with Gasteiger partial charge in [0, 0.05) is 19.6 Å². The molecule has 0 saturated carbocycles. The molecule has 0 bridgehead atoms. The van der Waals surface area contributed by atoms with Crippen molar-refractivity contribution in [2.24, 2.45) is 0 Å². The summed E-state index contributed by atoms with van der Waals surface area (Å²) in [6, 6.07) is 0. The lowest BCUT2D eigenvalue weighted by molar-refractivity contribution is -0.208. The van der Waals surface area contributed by atoms with Crippen LogP contribution in [0.25, 0.3) is 0 Å². The number of hydrogen-bond acceptors (Lipinski definition) is 3. The number of rotatable bonds is 2. The van der Waals surface area contributed by atoms with Gasteiger partial charge in [-0.1, -0.05) is 6.42 Å². The molecule has 0 radical (unpaired) electrons. The fourth-order valence-corrected chi connectivity index (χ4v) is 2.09. The zero-order valence-electron chi connectivity index (χ0n) is 8.30. The summed E-state index contributed by atoms with van der Waals surface area (Å²) in [6.07, 6.45) is 6.91. The Morgan fingerprint density at radius 1 is 1.08 bits per heavy atom. The highest BCUT2D eigenvalue weighted by atomic mass is 16.7. The van der Waals surface area contributed by atoms with E-state index in [4.69, 9.17) is 4.84 Å².